The first-order chi connectivity index (χ1) is 14.1. The van der Waals surface area contributed by atoms with Crippen LogP contribution in [0.4, 0.5) is 0 Å². The second kappa shape index (κ2) is 6.60. The van der Waals surface area contributed by atoms with Crippen molar-refractivity contribution in [2.24, 2.45) is 0 Å². The van der Waals surface area contributed by atoms with E-state index in [0.717, 1.165) is 27.4 Å². The van der Waals surface area contributed by atoms with Gasteiger partial charge in [0.25, 0.3) is 0 Å². The quantitative estimate of drug-likeness (QED) is 0.502. The van der Waals surface area contributed by atoms with Crippen molar-refractivity contribution < 1.29 is 14.6 Å². The van der Waals surface area contributed by atoms with Gasteiger partial charge in [0.05, 0.1) is 16.4 Å². The van der Waals surface area contributed by atoms with Crippen LogP contribution in [0.1, 0.15) is 11.1 Å². The van der Waals surface area contributed by atoms with E-state index < -0.39 is 12.6 Å². The van der Waals surface area contributed by atoms with Crippen LogP contribution in [0.15, 0.2) is 71.9 Å². The van der Waals surface area contributed by atoms with Crippen LogP contribution in [0.2, 0.25) is 0 Å². The van der Waals surface area contributed by atoms with Crippen LogP contribution in [0, 0.1) is 0 Å². The molecule has 0 bridgehead atoms. The number of fused-ring (bicyclic) bond motifs is 3. The Kier molecular flexibility index (Phi) is 3.91. The highest BCUT2D eigenvalue weighted by Gasteiger charge is 2.19. The topological polar surface area (TPSA) is 80.9 Å². The van der Waals surface area contributed by atoms with Crippen molar-refractivity contribution in [1.82, 2.24) is 9.38 Å². The summed E-state index contributed by atoms with van der Waals surface area (Å²) in [4.78, 5) is 28.3. The molecule has 0 saturated carbocycles. The second-order valence-corrected chi connectivity index (χ2v) is 6.93. The van der Waals surface area contributed by atoms with Gasteiger partial charge in [-0.05, 0) is 29.8 Å². The van der Waals surface area contributed by atoms with E-state index in [1.165, 1.54) is 0 Å². The molecule has 0 atom stereocenters. The molecule has 0 amide bonds. The van der Waals surface area contributed by atoms with E-state index in [9.17, 15) is 9.59 Å². The Labute approximate surface area is 165 Å². The van der Waals surface area contributed by atoms with E-state index in [4.69, 9.17) is 9.84 Å². The molecular formula is C23H16N2O4. The number of hydrogen-bond acceptors (Lipinski definition) is 4. The van der Waals surface area contributed by atoms with Crippen LogP contribution < -0.4 is 10.2 Å². The van der Waals surface area contributed by atoms with E-state index in [0.29, 0.717) is 23.1 Å². The van der Waals surface area contributed by atoms with Gasteiger partial charge in [0.15, 0.2) is 12.0 Å². The minimum Gasteiger partial charge on any atom is -0.481 e. The van der Waals surface area contributed by atoms with Crippen LogP contribution in [-0.4, -0.2) is 27.1 Å². The molecule has 5 rings (SSSR count). The number of nitrogens with zero attached hydrogens (tertiary/aromatic N) is 2. The summed E-state index contributed by atoms with van der Waals surface area (Å²) in [6.07, 6.45) is 5.82. The SMILES string of the molecule is O=C(O)COc1ccc2c(=O)c(Cc3cccnc3)cn3c4ccccc4c1c23. The van der Waals surface area contributed by atoms with E-state index in [-0.39, 0.29) is 5.43 Å². The highest BCUT2D eigenvalue weighted by molar-refractivity contribution is 6.16. The molecule has 0 radical (unpaired) electrons. The van der Waals surface area contributed by atoms with Crippen LogP contribution in [-0.2, 0) is 11.2 Å². The monoisotopic (exact) mass is 384 g/mol. The van der Waals surface area contributed by atoms with Crippen molar-refractivity contribution >= 4 is 33.2 Å². The Hall–Kier alpha value is -3.93. The molecule has 0 aliphatic carbocycles. The molecule has 1 N–H and O–H groups in total. The standard InChI is InChI=1S/C23H16N2O4/c26-20(27)13-29-19-8-7-17-22-21(19)16-5-1-2-6-18(16)25(22)12-15(23(17)28)10-14-4-3-9-24-11-14/h1-9,11-12H,10,13H2,(H,26,27). The average Bonchev–Trinajstić information content (AvgIpc) is 3.06. The fourth-order valence-corrected chi connectivity index (χ4v) is 3.91. The maximum atomic E-state index is 13.2. The van der Waals surface area contributed by atoms with E-state index in [2.05, 4.69) is 4.98 Å². The van der Waals surface area contributed by atoms with Gasteiger partial charge >= 0.3 is 5.97 Å². The third-order valence-electron chi connectivity index (χ3n) is 5.10. The van der Waals surface area contributed by atoms with Gasteiger partial charge in [-0.2, -0.15) is 0 Å². The zero-order valence-electron chi connectivity index (χ0n) is 15.3. The number of carbonyl (C=O) groups is 1. The Balaban J connectivity index is 1.81. The van der Waals surface area contributed by atoms with Crippen LogP contribution >= 0.6 is 0 Å². The predicted octanol–water partition coefficient (Wildman–Crippen LogP) is 3.49. The molecule has 3 aromatic heterocycles. The first-order valence-electron chi connectivity index (χ1n) is 9.18. The third-order valence-corrected chi connectivity index (χ3v) is 5.10. The van der Waals surface area contributed by atoms with Crippen LogP contribution in [0.25, 0.3) is 27.2 Å². The molecule has 0 aliphatic rings. The lowest BCUT2D eigenvalue weighted by Gasteiger charge is -2.09. The summed E-state index contributed by atoms with van der Waals surface area (Å²) in [6, 6.07) is 15.0. The van der Waals surface area contributed by atoms with E-state index in [1.807, 2.05) is 47.0 Å². The summed E-state index contributed by atoms with van der Waals surface area (Å²) < 4.78 is 7.53. The number of aliphatic carboxylic acids is 1. The number of para-hydroxylation sites is 1. The van der Waals surface area contributed by atoms with Gasteiger partial charge in [0.1, 0.15) is 5.75 Å². The molecule has 29 heavy (non-hydrogen) atoms. The summed E-state index contributed by atoms with van der Waals surface area (Å²) in [7, 11) is 0. The number of pyridine rings is 2. The first kappa shape index (κ1) is 17.2. The molecule has 3 heterocycles. The molecule has 0 fully saturated rings. The molecule has 0 aliphatic heterocycles. The minimum atomic E-state index is -1.05. The number of aromatic nitrogens is 2. The first-order valence-corrected chi connectivity index (χ1v) is 9.18. The lowest BCUT2D eigenvalue weighted by atomic mass is 10.0. The smallest absolute Gasteiger partial charge is 0.341 e. The molecule has 5 aromatic rings. The minimum absolute atomic E-state index is 0.0426. The molecule has 6 heteroatoms. The number of ether oxygens (including phenoxy) is 1. The van der Waals surface area contributed by atoms with Crippen molar-refractivity contribution in [2.45, 2.75) is 6.42 Å². The maximum absolute atomic E-state index is 13.2. The summed E-state index contributed by atoms with van der Waals surface area (Å²) in [5.41, 5.74) is 3.27. The molecule has 2 aromatic carbocycles. The highest BCUT2D eigenvalue weighted by atomic mass is 16.5. The Bertz CT molecular complexity index is 1420. The van der Waals surface area contributed by atoms with Gasteiger partial charge in [-0.3, -0.25) is 9.78 Å². The van der Waals surface area contributed by atoms with Gasteiger partial charge in [-0.25, -0.2) is 4.79 Å². The fraction of sp³-hybridized carbons (Fsp3) is 0.0870. The largest absolute Gasteiger partial charge is 0.481 e. The number of rotatable bonds is 5. The molecule has 0 saturated heterocycles. The number of carboxylic acids is 1. The number of benzene rings is 2. The molecular weight excluding hydrogens is 368 g/mol. The van der Waals surface area contributed by atoms with Gasteiger partial charge in [-0.15, -0.1) is 0 Å². The zero-order valence-corrected chi connectivity index (χ0v) is 15.3. The van der Waals surface area contributed by atoms with Gasteiger partial charge < -0.3 is 14.2 Å². The lowest BCUT2D eigenvalue weighted by molar-refractivity contribution is -0.139. The van der Waals surface area contributed by atoms with Gasteiger partial charge in [0.2, 0.25) is 0 Å². The zero-order chi connectivity index (χ0) is 20.0. The summed E-state index contributed by atoms with van der Waals surface area (Å²) in [5.74, 6) is -0.592. The Morgan fingerprint density at radius 2 is 1.93 bits per heavy atom. The van der Waals surface area contributed by atoms with E-state index >= 15 is 0 Å². The normalized spacial score (nSPS) is 11.4. The maximum Gasteiger partial charge on any atom is 0.341 e. The molecule has 6 nitrogen and oxygen atoms in total. The summed E-state index contributed by atoms with van der Waals surface area (Å²) >= 11 is 0. The van der Waals surface area contributed by atoms with Crippen LogP contribution in [0.5, 0.6) is 5.75 Å². The van der Waals surface area contributed by atoms with Crippen molar-refractivity contribution in [3.63, 3.8) is 0 Å². The average molecular weight is 384 g/mol. The van der Waals surface area contributed by atoms with Crippen molar-refractivity contribution in [3.8, 4) is 5.75 Å². The Morgan fingerprint density at radius 3 is 2.72 bits per heavy atom. The lowest BCUT2D eigenvalue weighted by Crippen LogP contribution is -2.13. The second-order valence-electron chi connectivity index (χ2n) is 6.93. The van der Waals surface area contributed by atoms with Crippen molar-refractivity contribution in [2.75, 3.05) is 6.61 Å². The molecule has 0 unspecified atom stereocenters. The number of carboxylic acid groups (broad SMARTS) is 1. The predicted molar refractivity (Wildman–Crippen MR) is 110 cm³/mol. The van der Waals surface area contributed by atoms with Crippen molar-refractivity contribution in [3.05, 3.63) is 88.5 Å². The van der Waals surface area contributed by atoms with Crippen LogP contribution in [0.3, 0.4) is 0 Å². The van der Waals surface area contributed by atoms with Gasteiger partial charge in [0, 0.05) is 41.3 Å². The Morgan fingerprint density at radius 1 is 1.07 bits per heavy atom. The van der Waals surface area contributed by atoms with Crippen molar-refractivity contribution in [1.29, 1.82) is 0 Å². The summed E-state index contributed by atoms with van der Waals surface area (Å²) in [5, 5.41) is 11.2. The van der Waals surface area contributed by atoms with E-state index in [1.54, 1.807) is 24.5 Å². The number of hydrogen-bond donors (Lipinski definition) is 1. The third kappa shape index (κ3) is 2.77. The fourth-order valence-electron chi connectivity index (χ4n) is 3.91. The molecule has 0 spiro atoms. The van der Waals surface area contributed by atoms with Gasteiger partial charge in [-0.1, -0.05) is 24.3 Å². The molecule has 142 valence electrons. The highest BCUT2D eigenvalue weighted by Crippen LogP contribution is 2.37. The summed E-state index contributed by atoms with van der Waals surface area (Å²) in [6.45, 7) is -0.440.